The number of hydrogen-bond donors (Lipinski definition) is 0. The predicted molar refractivity (Wildman–Crippen MR) is 106 cm³/mol. The van der Waals surface area contributed by atoms with Gasteiger partial charge in [-0.2, -0.15) is 0 Å². The fraction of sp³-hybridized carbons (Fsp3) is 0.190. The molecule has 0 spiro atoms. The summed E-state index contributed by atoms with van der Waals surface area (Å²) < 4.78 is 45.8. The molecule has 146 valence electrons. The minimum absolute atomic E-state index is 0.112. The summed E-state index contributed by atoms with van der Waals surface area (Å²) in [5, 5.41) is 1.77. The van der Waals surface area contributed by atoms with E-state index in [1.165, 1.54) is 12.1 Å². The Morgan fingerprint density at radius 3 is 2.29 bits per heavy atom. The monoisotopic (exact) mass is 401 g/mol. The van der Waals surface area contributed by atoms with Gasteiger partial charge >= 0.3 is 5.97 Å². The number of carbonyl (C=O) groups is 1. The number of rotatable bonds is 6. The molecule has 0 atom stereocenters. The van der Waals surface area contributed by atoms with Gasteiger partial charge in [0.2, 0.25) is 0 Å². The first-order valence-electron chi connectivity index (χ1n) is 8.74. The first-order valence-corrected chi connectivity index (χ1v) is 10.2. The summed E-state index contributed by atoms with van der Waals surface area (Å²) in [6.45, 7) is 2.88. The highest BCUT2D eigenvalue weighted by Gasteiger charge is 2.28. The number of fused-ring (bicyclic) bond motifs is 1. The quantitative estimate of drug-likeness (QED) is 0.583. The number of esters is 1. The van der Waals surface area contributed by atoms with Crippen molar-refractivity contribution >= 4 is 32.5 Å². The van der Waals surface area contributed by atoms with Crippen LogP contribution in [-0.2, 0) is 19.6 Å². The lowest BCUT2D eigenvalue weighted by atomic mass is 10.1. The molecular formula is C21H20FNO4S. The molecule has 0 N–H and O–H groups in total. The van der Waals surface area contributed by atoms with Crippen LogP contribution >= 0.6 is 0 Å². The Morgan fingerprint density at radius 2 is 1.64 bits per heavy atom. The van der Waals surface area contributed by atoms with E-state index in [2.05, 4.69) is 0 Å². The molecule has 3 aromatic carbocycles. The van der Waals surface area contributed by atoms with Crippen molar-refractivity contribution in [3.05, 3.63) is 72.5 Å². The lowest BCUT2D eigenvalue weighted by molar-refractivity contribution is -0.145. The van der Waals surface area contributed by atoms with Gasteiger partial charge in [0, 0.05) is 0 Å². The second-order valence-electron chi connectivity index (χ2n) is 6.54. The summed E-state index contributed by atoms with van der Waals surface area (Å²) in [7, 11) is -4.10. The van der Waals surface area contributed by atoms with Gasteiger partial charge in [-0.3, -0.25) is 9.10 Å². The predicted octanol–water partition coefficient (Wildman–Crippen LogP) is 4.13. The van der Waals surface area contributed by atoms with Gasteiger partial charge in [-0.05, 0) is 61.0 Å². The van der Waals surface area contributed by atoms with Crippen LogP contribution in [0.3, 0.4) is 0 Å². The largest absolute Gasteiger partial charge is 0.462 e. The molecular weight excluding hydrogens is 381 g/mol. The molecule has 3 rings (SSSR count). The van der Waals surface area contributed by atoms with Crippen molar-refractivity contribution in [3.63, 3.8) is 0 Å². The third kappa shape index (κ3) is 4.31. The van der Waals surface area contributed by atoms with E-state index < -0.39 is 28.4 Å². The van der Waals surface area contributed by atoms with E-state index in [9.17, 15) is 17.6 Å². The van der Waals surface area contributed by atoms with Crippen LogP contribution in [-0.4, -0.2) is 27.0 Å². The molecule has 28 heavy (non-hydrogen) atoms. The topological polar surface area (TPSA) is 63.7 Å². The molecule has 0 bridgehead atoms. The molecule has 5 nitrogen and oxygen atoms in total. The average molecular weight is 401 g/mol. The second-order valence-corrected chi connectivity index (χ2v) is 8.40. The Balaban J connectivity index is 2.07. The van der Waals surface area contributed by atoms with E-state index in [-0.39, 0.29) is 11.0 Å². The molecule has 0 unspecified atom stereocenters. The van der Waals surface area contributed by atoms with Crippen LogP contribution in [0.1, 0.15) is 13.8 Å². The van der Waals surface area contributed by atoms with E-state index in [0.29, 0.717) is 5.69 Å². The Kier molecular flexibility index (Phi) is 5.65. The van der Waals surface area contributed by atoms with Crippen molar-refractivity contribution in [2.45, 2.75) is 24.8 Å². The van der Waals surface area contributed by atoms with Crippen molar-refractivity contribution in [3.8, 4) is 0 Å². The number of nitrogens with zero attached hydrogens (tertiary/aromatic N) is 1. The van der Waals surface area contributed by atoms with E-state index in [1.54, 1.807) is 32.0 Å². The van der Waals surface area contributed by atoms with Gasteiger partial charge in [0.1, 0.15) is 12.4 Å². The third-order valence-corrected chi connectivity index (χ3v) is 5.85. The molecule has 0 aliphatic carbocycles. The van der Waals surface area contributed by atoms with Crippen LogP contribution in [0.25, 0.3) is 10.8 Å². The molecule has 7 heteroatoms. The van der Waals surface area contributed by atoms with Crippen LogP contribution in [0.2, 0.25) is 0 Å². The number of ether oxygens (including phenoxy) is 1. The summed E-state index contributed by atoms with van der Waals surface area (Å²) in [6, 6.07) is 17.1. The number of sulfonamides is 1. The molecule has 0 fully saturated rings. The van der Waals surface area contributed by atoms with Crippen LogP contribution in [0.5, 0.6) is 0 Å². The zero-order chi connectivity index (χ0) is 20.3. The zero-order valence-corrected chi connectivity index (χ0v) is 16.3. The molecule has 0 saturated carbocycles. The number of benzene rings is 3. The molecule has 0 heterocycles. The van der Waals surface area contributed by atoms with Crippen LogP contribution < -0.4 is 4.31 Å². The SMILES string of the molecule is CC(C)OC(=O)CN(c1ccc2ccccc2c1)S(=O)(=O)c1ccc(F)cc1. The maximum Gasteiger partial charge on any atom is 0.327 e. The Morgan fingerprint density at radius 1 is 1.00 bits per heavy atom. The molecule has 0 amide bonds. The van der Waals surface area contributed by atoms with E-state index in [1.807, 2.05) is 24.3 Å². The molecule has 3 aromatic rings. The van der Waals surface area contributed by atoms with E-state index in [4.69, 9.17) is 4.74 Å². The Bertz CT molecular complexity index is 1090. The summed E-state index contributed by atoms with van der Waals surface area (Å²) in [5.74, 6) is -1.22. The third-order valence-electron chi connectivity index (χ3n) is 4.06. The summed E-state index contributed by atoms with van der Waals surface area (Å²) in [6.07, 6.45) is -0.375. The fourth-order valence-electron chi connectivity index (χ4n) is 2.80. The average Bonchev–Trinajstić information content (AvgIpc) is 2.65. The first kappa shape index (κ1) is 19.8. The number of halogens is 1. The summed E-state index contributed by atoms with van der Waals surface area (Å²) in [5.41, 5.74) is 0.323. The smallest absolute Gasteiger partial charge is 0.327 e. The highest BCUT2D eigenvalue weighted by molar-refractivity contribution is 7.92. The van der Waals surface area contributed by atoms with Gasteiger partial charge in [-0.15, -0.1) is 0 Å². The normalized spacial score (nSPS) is 11.6. The minimum atomic E-state index is -4.10. The Labute approximate surface area is 163 Å². The number of carbonyl (C=O) groups excluding carboxylic acids is 1. The molecule has 0 saturated heterocycles. The molecule has 0 aliphatic heterocycles. The van der Waals surface area contributed by atoms with Crippen molar-refractivity contribution in [1.29, 1.82) is 0 Å². The highest BCUT2D eigenvalue weighted by Crippen LogP contribution is 2.27. The molecule has 0 radical (unpaired) electrons. The Hall–Kier alpha value is -2.93. The van der Waals surface area contributed by atoms with Crippen molar-refractivity contribution in [1.82, 2.24) is 0 Å². The van der Waals surface area contributed by atoms with Gasteiger partial charge in [0.05, 0.1) is 16.7 Å². The summed E-state index contributed by atoms with van der Waals surface area (Å²) in [4.78, 5) is 12.1. The van der Waals surface area contributed by atoms with Crippen molar-refractivity contribution in [2.24, 2.45) is 0 Å². The standard InChI is InChI=1S/C21H20FNO4S/c1-15(2)27-21(24)14-23(28(25,26)20-11-8-18(22)9-12-20)19-10-7-16-5-3-4-6-17(16)13-19/h3-13,15H,14H2,1-2H3. The van der Waals surface area contributed by atoms with Crippen molar-refractivity contribution < 1.29 is 22.3 Å². The number of hydrogen-bond acceptors (Lipinski definition) is 4. The van der Waals surface area contributed by atoms with Crippen LogP contribution in [0, 0.1) is 5.82 Å². The first-order chi connectivity index (χ1) is 13.3. The lowest BCUT2D eigenvalue weighted by Crippen LogP contribution is -2.37. The van der Waals surface area contributed by atoms with Gasteiger partial charge in [-0.1, -0.05) is 30.3 Å². The zero-order valence-electron chi connectivity index (χ0n) is 15.5. The van der Waals surface area contributed by atoms with Gasteiger partial charge in [0.25, 0.3) is 10.0 Å². The molecule has 0 aromatic heterocycles. The van der Waals surface area contributed by atoms with E-state index in [0.717, 1.165) is 27.2 Å². The van der Waals surface area contributed by atoms with Gasteiger partial charge in [0.15, 0.2) is 0 Å². The maximum absolute atomic E-state index is 13.2. The number of anilines is 1. The summed E-state index contributed by atoms with van der Waals surface area (Å²) >= 11 is 0. The second kappa shape index (κ2) is 7.98. The van der Waals surface area contributed by atoms with Crippen LogP contribution in [0.4, 0.5) is 10.1 Å². The van der Waals surface area contributed by atoms with Gasteiger partial charge in [-0.25, -0.2) is 12.8 Å². The van der Waals surface area contributed by atoms with Crippen LogP contribution in [0.15, 0.2) is 71.6 Å². The molecule has 0 aliphatic rings. The van der Waals surface area contributed by atoms with E-state index >= 15 is 0 Å². The van der Waals surface area contributed by atoms with Gasteiger partial charge < -0.3 is 4.74 Å². The fourth-order valence-corrected chi connectivity index (χ4v) is 4.20. The van der Waals surface area contributed by atoms with Crippen molar-refractivity contribution in [2.75, 3.05) is 10.8 Å². The maximum atomic E-state index is 13.2. The minimum Gasteiger partial charge on any atom is -0.462 e. The highest BCUT2D eigenvalue weighted by atomic mass is 32.2. The lowest BCUT2D eigenvalue weighted by Gasteiger charge is -2.24.